The Bertz CT molecular complexity index is 444. The summed E-state index contributed by atoms with van der Waals surface area (Å²) < 4.78 is 27.1. The second-order valence-electron chi connectivity index (χ2n) is 4.62. The number of nitrogens with one attached hydrogen (secondary N) is 1. The van der Waals surface area contributed by atoms with E-state index in [-0.39, 0.29) is 17.5 Å². The molecule has 1 N–H and O–H groups in total. The number of rotatable bonds is 3. The highest BCUT2D eigenvalue weighted by Gasteiger charge is 2.31. The molecule has 0 saturated carbocycles. The maximum atomic E-state index is 13.6. The third-order valence-electron chi connectivity index (χ3n) is 3.31. The number of carbonyl (C=O) groups is 1. The molecular formula is C13H16F2N2O. The van der Waals surface area contributed by atoms with E-state index < -0.39 is 17.7 Å². The van der Waals surface area contributed by atoms with E-state index in [0.717, 1.165) is 0 Å². The molecule has 1 heterocycles. The Morgan fingerprint density at radius 3 is 2.50 bits per heavy atom. The predicted molar refractivity (Wildman–Crippen MR) is 64.0 cm³/mol. The maximum Gasteiger partial charge on any atom is 0.239 e. The largest absolute Gasteiger partial charge is 0.344 e. The second-order valence-corrected chi connectivity index (χ2v) is 4.62. The van der Waals surface area contributed by atoms with Gasteiger partial charge in [-0.05, 0) is 25.5 Å². The number of likely N-dealkylation sites (tertiary alicyclic amines) is 1. The van der Waals surface area contributed by atoms with Gasteiger partial charge in [-0.15, -0.1) is 0 Å². The van der Waals surface area contributed by atoms with Crippen molar-refractivity contribution < 1.29 is 13.6 Å². The van der Waals surface area contributed by atoms with Crippen LogP contribution in [0.25, 0.3) is 0 Å². The Kier molecular flexibility index (Phi) is 3.61. The molecule has 3 nitrogen and oxygen atoms in total. The SMILES string of the molecule is CC(NC1CCN(C)C1=O)c1c(F)cccc1F. The second kappa shape index (κ2) is 5.02. The fourth-order valence-corrected chi connectivity index (χ4v) is 2.29. The first kappa shape index (κ1) is 13.0. The highest BCUT2D eigenvalue weighted by Crippen LogP contribution is 2.22. The number of benzene rings is 1. The number of hydrogen-bond acceptors (Lipinski definition) is 2. The zero-order valence-corrected chi connectivity index (χ0v) is 10.4. The van der Waals surface area contributed by atoms with Gasteiger partial charge in [-0.25, -0.2) is 8.78 Å². The molecular weight excluding hydrogens is 238 g/mol. The van der Waals surface area contributed by atoms with Crippen molar-refractivity contribution in [1.82, 2.24) is 10.2 Å². The highest BCUT2D eigenvalue weighted by molar-refractivity contribution is 5.83. The van der Waals surface area contributed by atoms with Crippen molar-refractivity contribution in [2.45, 2.75) is 25.4 Å². The molecule has 2 unspecified atom stereocenters. The van der Waals surface area contributed by atoms with E-state index in [1.54, 1.807) is 18.9 Å². The van der Waals surface area contributed by atoms with Crippen molar-refractivity contribution in [3.8, 4) is 0 Å². The van der Waals surface area contributed by atoms with Crippen molar-refractivity contribution in [1.29, 1.82) is 0 Å². The number of hydrogen-bond donors (Lipinski definition) is 1. The summed E-state index contributed by atoms with van der Waals surface area (Å²) in [5, 5.41) is 2.99. The topological polar surface area (TPSA) is 32.3 Å². The van der Waals surface area contributed by atoms with Gasteiger partial charge < -0.3 is 4.90 Å². The molecule has 1 aliphatic rings. The minimum absolute atomic E-state index is 0.0140. The summed E-state index contributed by atoms with van der Waals surface area (Å²) in [5.41, 5.74) is -0.0140. The lowest BCUT2D eigenvalue weighted by atomic mass is 10.1. The normalized spacial score (nSPS) is 21.4. The molecule has 0 radical (unpaired) electrons. The monoisotopic (exact) mass is 254 g/mol. The molecule has 0 aliphatic carbocycles. The van der Waals surface area contributed by atoms with Gasteiger partial charge in [0.05, 0.1) is 6.04 Å². The van der Waals surface area contributed by atoms with Gasteiger partial charge in [-0.3, -0.25) is 10.1 Å². The molecule has 1 amide bonds. The fourth-order valence-electron chi connectivity index (χ4n) is 2.29. The quantitative estimate of drug-likeness (QED) is 0.892. The number of carbonyl (C=O) groups excluding carboxylic acids is 1. The number of halogens is 2. The predicted octanol–water partition coefficient (Wildman–Crippen LogP) is 1.85. The Morgan fingerprint density at radius 1 is 1.39 bits per heavy atom. The Balaban J connectivity index is 2.13. The maximum absolute atomic E-state index is 13.6. The van der Waals surface area contributed by atoms with Crippen molar-refractivity contribution >= 4 is 5.91 Å². The zero-order chi connectivity index (χ0) is 13.3. The summed E-state index contributed by atoms with van der Waals surface area (Å²) in [7, 11) is 1.72. The summed E-state index contributed by atoms with van der Waals surface area (Å²) in [5.74, 6) is -1.21. The molecule has 2 rings (SSSR count). The fraction of sp³-hybridized carbons (Fsp3) is 0.462. The molecule has 0 bridgehead atoms. The lowest BCUT2D eigenvalue weighted by molar-refractivity contribution is -0.128. The average molecular weight is 254 g/mol. The van der Waals surface area contributed by atoms with Crippen LogP contribution in [0.2, 0.25) is 0 Å². The number of nitrogens with zero attached hydrogens (tertiary/aromatic N) is 1. The van der Waals surface area contributed by atoms with Crippen LogP contribution in [0.3, 0.4) is 0 Å². The minimum atomic E-state index is -0.589. The number of likely N-dealkylation sites (N-methyl/N-ethyl adjacent to an activating group) is 1. The van der Waals surface area contributed by atoms with Crippen LogP contribution >= 0.6 is 0 Å². The van der Waals surface area contributed by atoms with Crippen molar-refractivity contribution in [3.05, 3.63) is 35.4 Å². The van der Waals surface area contributed by atoms with Gasteiger partial charge in [-0.1, -0.05) is 6.07 Å². The van der Waals surface area contributed by atoms with Gasteiger partial charge in [0, 0.05) is 25.2 Å². The molecule has 0 aromatic heterocycles. The standard InChI is InChI=1S/C13H16F2N2O/c1-8(12-9(14)4-3-5-10(12)15)16-11-6-7-17(2)13(11)18/h3-5,8,11,16H,6-7H2,1-2H3. The molecule has 2 atom stereocenters. The summed E-state index contributed by atoms with van der Waals surface area (Å²) in [6.45, 7) is 2.33. The summed E-state index contributed by atoms with van der Waals surface area (Å²) in [6, 6.07) is 2.88. The van der Waals surface area contributed by atoms with Crippen LogP contribution in [0.5, 0.6) is 0 Å². The van der Waals surface area contributed by atoms with Crippen LogP contribution in [0.4, 0.5) is 8.78 Å². The van der Waals surface area contributed by atoms with Gasteiger partial charge in [-0.2, -0.15) is 0 Å². The van der Waals surface area contributed by atoms with Gasteiger partial charge >= 0.3 is 0 Å². The van der Waals surface area contributed by atoms with Gasteiger partial charge in [0.15, 0.2) is 0 Å². The van der Waals surface area contributed by atoms with Crippen molar-refractivity contribution in [2.24, 2.45) is 0 Å². The summed E-state index contributed by atoms with van der Waals surface area (Å²) in [6.07, 6.45) is 0.662. The third-order valence-corrected chi connectivity index (χ3v) is 3.31. The Hall–Kier alpha value is -1.49. The molecule has 1 saturated heterocycles. The van der Waals surface area contributed by atoms with Crippen molar-refractivity contribution in [3.63, 3.8) is 0 Å². The van der Waals surface area contributed by atoms with E-state index >= 15 is 0 Å². The van der Waals surface area contributed by atoms with Gasteiger partial charge in [0.25, 0.3) is 0 Å². The van der Waals surface area contributed by atoms with Crippen molar-refractivity contribution in [2.75, 3.05) is 13.6 Å². The Morgan fingerprint density at radius 2 is 2.00 bits per heavy atom. The van der Waals surface area contributed by atoms with E-state index in [4.69, 9.17) is 0 Å². The molecule has 1 aromatic rings. The van der Waals surface area contributed by atoms with Crippen LogP contribution in [0.15, 0.2) is 18.2 Å². The number of amides is 1. The van der Waals surface area contributed by atoms with Crippen LogP contribution in [-0.2, 0) is 4.79 Å². The molecule has 98 valence electrons. The van der Waals surface area contributed by atoms with Crippen LogP contribution in [0.1, 0.15) is 24.9 Å². The lowest BCUT2D eigenvalue weighted by Crippen LogP contribution is -2.38. The molecule has 1 fully saturated rings. The van der Waals surface area contributed by atoms with Crippen LogP contribution in [0, 0.1) is 11.6 Å². The molecule has 5 heteroatoms. The first-order chi connectivity index (χ1) is 8.50. The van der Waals surface area contributed by atoms with E-state index in [0.29, 0.717) is 13.0 Å². The average Bonchev–Trinajstić information content (AvgIpc) is 2.61. The van der Waals surface area contributed by atoms with Crippen LogP contribution < -0.4 is 5.32 Å². The summed E-state index contributed by atoms with van der Waals surface area (Å²) >= 11 is 0. The smallest absolute Gasteiger partial charge is 0.239 e. The van der Waals surface area contributed by atoms with Gasteiger partial charge in [0.1, 0.15) is 11.6 Å². The van der Waals surface area contributed by atoms with Gasteiger partial charge in [0.2, 0.25) is 5.91 Å². The zero-order valence-electron chi connectivity index (χ0n) is 10.4. The van der Waals surface area contributed by atoms with E-state index in [1.807, 2.05) is 0 Å². The molecule has 0 spiro atoms. The minimum Gasteiger partial charge on any atom is -0.344 e. The van der Waals surface area contributed by atoms with Crippen LogP contribution in [-0.4, -0.2) is 30.4 Å². The highest BCUT2D eigenvalue weighted by atomic mass is 19.1. The lowest BCUT2D eigenvalue weighted by Gasteiger charge is -2.19. The molecule has 18 heavy (non-hydrogen) atoms. The van der Waals surface area contributed by atoms with E-state index in [2.05, 4.69) is 5.32 Å². The third kappa shape index (κ3) is 2.36. The first-order valence-corrected chi connectivity index (χ1v) is 5.95. The van der Waals surface area contributed by atoms with E-state index in [9.17, 15) is 13.6 Å². The first-order valence-electron chi connectivity index (χ1n) is 5.95. The Labute approximate surface area is 105 Å². The molecule has 1 aliphatic heterocycles. The molecule has 1 aromatic carbocycles. The van der Waals surface area contributed by atoms with E-state index in [1.165, 1.54) is 18.2 Å². The summed E-state index contributed by atoms with van der Waals surface area (Å²) in [4.78, 5) is 13.3.